The van der Waals surface area contributed by atoms with Crippen molar-refractivity contribution in [3.63, 3.8) is 0 Å². The Morgan fingerprint density at radius 3 is 1.99 bits per heavy atom. The molecule has 2 saturated heterocycles. The lowest BCUT2D eigenvalue weighted by molar-refractivity contribution is -0.148. The predicted octanol–water partition coefficient (Wildman–Crippen LogP) is 1.60. The van der Waals surface area contributed by atoms with Crippen LogP contribution in [0.15, 0.2) is 30.3 Å². The molecule has 2 aliphatic rings. The number of phosphoric acid groups is 2. The zero-order chi connectivity index (χ0) is 72.0. The highest BCUT2D eigenvalue weighted by atomic mass is 79.9. The van der Waals surface area contributed by atoms with E-state index in [1.165, 1.54) is 33.3 Å². The van der Waals surface area contributed by atoms with Crippen molar-refractivity contribution < 1.29 is 104 Å². The first-order chi connectivity index (χ1) is 45.2. The van der Waals surface area contributed by atoms with Crippen LogP contribution in [0.1, 0.15) is 112 Å². The highest BCUT2D eigenvalue weighted by molar-refractivity contribution is 9.09. The standard InChI is InChI=1S/C61H103BrN10O22P2/c1-14-39(6)54(71(11)60(81)52(37(2)3)69-59(80)53(38(4)5)70(9)10)46(87-12)34-51(77)72-27-18-21-45(72)55(88-13)40(7)57(78)66-41(8)56(42-19-16-15-17-20-42)93-96(85,86)94-95(83,84)92-30-26-64-50(76)36-90-32-31-89-29-25-65-58(79)44(68-47(73)22-24-63-49(75)35-62)33-48(74)67-43-23-28-91-61(43)82/h15-17,19-20,37-41,43-46,52-56H,14,18,21-36H2,1-13H3,(H,63,75)(H,64,76)(H,65,79)(H,66,78)(H,67,74)(H,68,73)(H,69,80)(H,83,84)(H,85,86)/t39-,40+,41+,43-,44-,45-,46+,52-,53-,54-,55+,56+/m0/s1. The van der Waals surface area contributed by atoms with Crippen LogP contribution in [-0.4, -0.2) is 245 Å². The summed E-state index contributed by atoms with van der Waals surface area (Å²) < 4.78 is 69.1. The van der Waals surface area contributed by atoms with Crippen LogP contribution in [-0.2, 0) is 94.1 Å². The molecule has 0 radical (unpaired) electrons. The molecule has 35 heteroatoms. The van der Waals surface area contributed by atoms with Gasteiger partial charge in [0.15, 0.2) is 0 Å². The Kier molecular flexibility index (Phi) is 37.4. The molecule has 9 amide bonds. The molecular formula is C61H103BrN10O22P2. The summed E-state index contributed by atoms with van der Waals surface area (Å²) in [6.07, 6.45) is -1.97. The monoisotopic (exact) mass is 1470 g/mol. The van der Waals surface area contributed by atoms with E-state index >= 15 is 0 Å². The third-order valence-corrected chi connectivity index (χ3v) is 19.5. The van der Waals surface area contributed by atoms with Gasteiger partial charge in [0, 0.05) is 60.3 Å². The smallest absolute Gasteiger partial charge is 0.464 e. The van der Waals surface area contributed by atoms with Crippen LogP contribution in [0, 0.1) is 23.7 Å². The van der Waals surface area contributed by atoms with Crippen molar-refractivity contribution in [1.82, 2.24) is 51.9 Å². The lowest BCUT2D eigenvalue weighted by Gasteiger charge is -2.41. The number of alkyl halides is 1. The largest absolute Gasteiger partial charge is 0.481 e. The molecule has 0 aliphatic carbocycles. The molecule has 546 valence electrons. The summed E-state index contributed by atoms with van der Waals surface area (Å²) >= 11 is 2.99. The van der Waals surface area contributed by atoms with E-state index in [4.69, 9.17) is 32.7 Å². The number of esters is 1. The van der Waals surface area contributed by atoms with E-state index in [1.54, 1.807) is 42.0 Å². The van der Waals surface area contributed by atoms with Gasteiger partial charge in [-0.3, -0.25) is 57.1 Å². The number of cyclic esters (lactones) is 1. The number of nitrogens with one attached hydrogen (secondary N) is 7. The summed E-state index contributed by atoms with van der Waals surface area (Å²) in [5.74, 6) is -6.57. The van der Waals surface area contributed by atoms with Crippen molar-refractivity contribution >= 4 is 90.7 Å². The fourth-order valence-corrected chi connectivity index (χ4v) is 13.8. The molecule has 0 aromatic heterocycles. The molecule has 9 N–H and O–H groups in total. The molecule has 3 rings (SSSR count). The second-order valence-electron chi connectivity index (χ2n) is 24.5. The number of likely N-dealkylation sites (tertiary alicyclic amines) is 1. The number of nitrogens with zero attached hydrogens (tertiary/aromatic N) is 3. The number of benzene rings is 1. The van der Waals surface area contributed by atoms with Crippen molar-refractivity contribution in [2.24, 2.45) is 23.7 Å². The van der Waals surface area contributed by atoms with E-state index in [1.807, 2.05) is 60.5 Å². The minimum absolute atomic E-state index is 0.0217. The highest BCUT2D eigenvalue weighted by Crippen LogP contribution is 2.62. The van der Waals surface area contributed by atoms with Crippen LogP contribution in [0.5, 0.6) is 0 Å². The van der Waals surface area contributed by atoms with E-state index < -0.39 is 137 Å². The number of ether oxygens (including phenoxy) is 5. The topological polar surface area (TPSA) is 413 Å². The van der Waals surface area contributed by atoms with E-state index in [-0.39, 0.29) is 118 Å². The summed E-state index contributed by atoms with van der Waals surface area (Å²) in [5.41, 5.74) is 0.265. The van der Waals surface area contributed by atoms with Gasteiger partial charge in [-0.25, -0.2) is 13.9 Å². The number of hydrogen-bond acceptors (Lipinski definition) is 21. The van der Waals surface area contributed by atoms with Crippen molar-refractivity contribution in [3.8, 4) is 0 Å². The average Bonchev–Trinajstić information content (AvgIpc) is 1.66. The Morgan fingerprint density at radius 2 is 1.40 bits per heavy atom. The van der Waals surface area contributed by atoms with E-state index in [0.29, 0.717) is 25.8 Å². The number of carbonyl (C=O) groups excluding carboxylic acids is 10. The summed E-state index contributed by atoms with van der Waals surface area (Å²) in [6.45, 7) is 13.2. The van der Waals surface area contributed by atoms with Crippen LogP contribution in [0.25, 0.3) is 0 Å². The Balaban J connectivity index is 1.54. The predicted molar refractivity (Wildman–Crippen MR) is 353 cm³/mol. The number of halogens is 1. The Hall–Kier alpha value is -5.54. The summed E-state index contributed by atoms with van der Waals surface area (Å²) in [5, 5.41) is 18.2. The first-order valence-electron chi connectivity index (χ1n) is 32.1. The lowest BCUT2D eigenvalue weighted by Crippen LogP contribution is -2.59. The molecule has 96 heavy (non-hydrogen) atoms. The molecule has 0 spiro atoms. The van der Waals surface area contributed by atoms with Crippen molar-refractivity contribution in [2.45, 2.75) is 161 Å². The van der Waals surface area contributed by atoms with Gasteiger partial charge in [-0.1, -0.05) is 101 Å². The highest BCUT2D eigenvalue weighted by Gasteiger charge is 2.45. The van der Waals surface area contributed by atoms with Gasteiger partial charge in [0.2, 0.25) is 53.2 Å². The van der Waals surface area contributed by atoms with Gasteiger partial charge < -0.3 is 80.5 Å². The quantitative estimate of drug-likeness (QED) is 0.0194. The zero-order valence-corrected chi connectivity index (χ0v) is 60.7. The molecule has 2 heterocycles. The molecule has 2 fully saturated rings. The zero-order valence-electron chi connectivity index (χ0n) is 57.4. The van der Waals surface area contributed by atoms with E-state index in [2.05, 4.69) is 57.5 Å². The van der Waals surface area contributed by atoms with Gasteiger partial charge >= 0.3 is 21.6 Å². The maximum absolute atomic E-state index is 14.5. The molecule has 32 nitrogen and oxygen atoms in total. The minimum Gasteiger partial charge on any atom is -0.464 e. The second kappa shape index (κ2) is 42.4. The Bertz CT molecular complexity index is 2790. The molecule has 2 aliphatic heterocycles. The minimum atomic E-state index is -5.52. The molecular weight excluding hydrogens is 1370 g/mol. The van der Waals surface area contributed by atoms with Crippen LogP contribution < -0.4 is 37.2 Å². The van der Waals surface area contributed by atoms with Crippen molar-refractivity contribution in [3.05, 3.63) is 35.9 Å². The summed E-state index contributed by atoms with van der Waals surface area (Å²) in [7, 11) is -2.70. The fourth-order valence-electron chi connectivity index (χ4n) is 11.3. The number of phosphoric ester groups is 2. The SMILES string of the molecule is CC[C@H](C)[C@@H]([C@@H](CC(=O)N1CCC[C@H]1[C@H](OC)[C@@H](C)C(=O)N[C@H](C)[C@@H](OP(=O)(O)OP(=O)(O)OCCNC(=O)COCCOCCNC(=O)[C@H](CC(=O)N[C@H]1CCOC1=O)NC(=O)CCNC(=O)CBr)c1ccccc1)OC)N(C)C(=O)[C@@H](NC(=O)[C@H](C(C)C)N(C)C)C(C)C. The van der Waals surface area contributed by atoms with Gasteiger partial charge in [-0.2, -0.15) is 4.31 Å². The normalized spacial score (nSPS) is 19.2. The lowest BCUT2D eigenvalue weighted by atomic mass is 9.89. The number of carbonyl (C=O) groups is 10. The molecule has 0 bridgehead atoms. The van der Waals surface area contributed by atoms with E-state index in [0.717, 1.165) is 0 Å². The second-order valence-corrected chi connectivity index (χ2v) is 28.1. The molecule has 2 unspecified atom stereocenters. The maximum Gasteiger partial charge on any atom is 0.481 e. The fraction of sp³-hybridized carbons (Fsp3) is 0.738. The number of rotatable bonds is 45. The van der Waals surface area contributed by atoms with Crippen LogP contribution in [0.2, 0.25) is 0 Å². The number of methoxy groups -OCH3 is 2. The summed E-state index contributed by atoms with van der Waals surface area (Å²) in [6, 6.07) is 2.07. The first-order valence-corrected chi connectivity index (χ1v) is 36.3. The summed E-state index contributed by atoms with van der Waals surface area (Å²) in [4.78, 5) is 157. The first kappa shape index (κ1) is 84.7. The van der Waals surface area contributed by atoms with Crippen molar-refractivity contribution in [2.75, 3.05) is 107 Å². The van der Waals surface area contributed by atoms with Gasteiger partial charge in [-0.05, 0) is 57.2 Å². The molecule has 0 saturated carbocycles. The average molecular weight is 1470 g/mol. The van der Waals surface area contributed by atoms with Crippen molar-refractivity contribution in [1.29, 1.82) is 0 Å². The van der Waals surface area contributed by atoms with Gasteiger partial charge in [0.1, 0.15) is 30.8 Å². The number of hydrogen-bond donors (Lipinski definition) is 9. The van der Waals surface area contributed by atoms with Gasteiger partial charge in [0.05, 0.1) is 93.5 Å². The number of amides is 9. The van der Waals surface area contributed by atoms with Crippen LogP contribution >= 0.6 is 31.6 Å². The third kappa shape index (κ3) is 28.4. The van der Waals surface area contributed by atoms with Gasteiger partial charge in [-0.15, -0.1) is 0 Å². The number of likely N-dealkylation sites (N-methyl/N-ethyl adjacent to an activating group) is 2. The van der Waals surface area contributed by atoms with E-state index in [9.17, 15) is 66.9 Å². The Morgan fingerprint density at radius 1 is 0.740 bits per heavy atom. The molecule has 1 aromatic rings. The third-order valence-electron chi connectivity index (χ3n) is 16.3. The molecule has 1 aromatic carbocycles. The van der Waals surface area contributed by atoms with Gasteiger partial charge in [0.25, 0.3) is 0 Å². The molecule has 14 atom stereocenters. The maximum atomic E-state index is 14.5. The van der Waals surface area contributed by atoms with Crippen LogP contribution in [0.3, 0.4) is 0 Å². The van der Waals surface area contributed by atoms with Crippen LogP contribution in [0.4, 0.5) is 0 Å². The Labute approximate surface area is 571 Å².